The van der Waals surface area contributed by atoms with Crippen LogP contribution in [-0.2, 0) is 4.79 Å². The van der Waals surface area contributed by atoms with Crippen LogP contribution in [0, 0.1) is 5.92 Å². The molecule has 1 aliphatic heterocycles. The largest absolute Gasteiger partial charge is 0.497 e. The first-order valence-electron chi connectivity index (χ1n) is 11.7. The van der Waals surface area contributed by atoms with Crippen LogP contribution >= 0.6 is 0 Å². The molecule has 3 amide bonds. The second-order valence-electron chi connectivity index (χ2n) is 9.28. The molecule has 3 atom stereocenters. The molecule has 0 spiro atoms. The monoisotopic (exact) mass is 451 g/mol. The Kier molecular flexibility index (Phi) is 6.88. The van der Waals surface area contributed by atoms with Gasteiger partial charge in [0, 0.05) is 18.2 Å². The van der Waals surface area contributed by atoms with Crippen LogP contribution in [0.1, 0.15) is 50.6 Å². The summed E-state index contributed by atoms with van der Waals surface area (Å²) in [5.41, 5.74) is 0.377. The highest BCUT2D eigenvalue weighted by Gasteiger charge is 2.48. The van der Waals surface area contributed by atoms with Gasteiger partial charge in [0.15, 0.2) is 0 Å². The van der Waals surface area contributed by atoms with Crippen molar-refractivity contribution in [3.8, 4) is 5.75 Å². The van der Waals surface area contributed by atoms with E-state index in [9.17, 15) is 14.7 Å². The van der Waals surface area contributed by atoms with E-state index < -0.39 is 17.7 Å². The molecule has 7 heteroatoms. The van der Waals surface area contributed by atoms with Crippen molar-refractivity contribution < 1.29 is 19.4 Å². The molecule has 2 aromatic carbocycles. The molecular formula is C26H33N3O4. The topological polar surface area (TPSA) is 90.9 Å². The predicted molar refractivity (Wildman–Crippen MR) is 127 cm³/mol. The van der Waals surface area contributed by atoms with E-state index in [0.717, 1.165) is 31.2 Å². The molecule has 3 N–H and O–H groups in total. The van der Waals surface area contributed by atoms with Gasteiger partial charge in [-0.25, -0.2) is 4.79 Å². The molecule has 1 aliphatic carbocycles. The Hall–Kier alpha value is -3.06. The fraction of sp³-hybridized carbons (Fsp3) is 0.462. The average Bonchev–Trinajstić information content (AvgIpc) is 3.36. The van der Waals surface area contributed by atoms with E-state index >= 15 is 0 Å². The number of rotatable bonds is 5. The SMILES string of the molecule is COc1ccc(NC(=O)N2CCC(C)(O)C(NC(=O)C3CCCC3)C2c2ccccc2)cc1. The predicted octanol–water partition coefficient (Wildman–Crippen LogP) is 4.10. The number of methoxy groups -OCH3 is 1. The first-order chi connectivity index (χ1) is 15.9. The second kappa shape index (κ2) is 9.83. The number of hydrogen-bond acceptors (Lipinski definition) is 4. The maximum Gasteiger partial charge on any atom is 0.322 e. The quantitative estimate of drug-likeness (QED) is 0.638. The van der Waals surface area contributed by atoms with E-state index in [1.54, 1.807) is 43.2 Å². The number of ether oxygens (including phenoxy) is 1. The smallest absolute Gasteiger partial charge is 0.322 e. The lowest BCUT2D eigenvalue weighted by Crippen LogP contribution is -2.64. The number of urea groups is 1. The van der Waals surface area contributed by atoms with Crippen molar-refractivity contribution in [1.29, 1.82) is 0 Å². The summed E-state index contributed by atoms with van der Waals surface area (Å²) < 4.78 is 5.19. The van der Waals surface area contributed by atoms with Gasteiger partial charge >= 0.3 is 6.03 Å². The summed E-state index contributed by atoms with van der Waals surface area (Å²) in [5.74, 6) is 0.649. The highest BCUT2D eigenvalue weighted by Crippen LogP contribution is 2.38. The first-order valence-corrected chi connectivity index (χ1v) is 11.7. The zero-order valence-corrected chi connectivity index (χ0v) is 19.3. The van der Waals surface area contributed by atoms with Crippen molar-refractivity contribution in [3.05, 3.63) is 60.2 Å². The number of hydrogen-bond donors (Lipinski definition) is 3. The highest BCUT2D eigenvalue weighted by atomic mass is 16.5. The normalized spacial score (nSPS) is 25.5. The van der Waals surface area contributed by atoms with Crippen LogP contribution in [-0.4, -0.2) is 47.2 Å². The number of likely N-dealkylation sites (tertiary alicyclic amines) is 1. The molecule has 2 aromatic rings. The fourth-order valence-corrected chi connectivity index (χ4v) is 4.98. The van der Waals surface area contributed by atoms with Crippen molar-refractivity contribution in [2.45, 2.75) is 56.7 Å². The molecule has 1 heterocycles. The van der Waals surface area contributed by atoms with E-state index in [1.807, 2.05) is 30.3 Å². The van der Waals surface area contributed by atoms with Crippen molar-refractivity contribution in [1.82, 2.24) is 10.2 Å². The van der Waals surface area contributed by atoms with Gasteiger partial charge in [0.25, 0.3) is 0 Å². The summed E-state index contributed by atoms with van der Waals surface area (Å²) in [7, 11) is 1.59. The zero-order valence-electron chi connectivity index (χ0n) is 19.3. The molecule has 7 nitrogen and oxygen atoms in total. The molecule has 0 aromatic heterocycles. The summed E-state index contributed by atoms with van der Waals surface area (Å²) in [4.78, 5) is 28.2. The van der Waals surface area contributed by atoms with Crippen LogP contribution in [0.5, 0.6) is 5.75 Å². The molecule has 0 bridgehead atoms. The Morgan fingerprint density at radius 3 is 2.36 bits per heavy atom. The van der Waals surface area contributed by atoms with Gasteiger partial charge in [0.2, 0.25) is 5.91 Å². The standard InChI is InChI=1S/C26H33N3O4/c1-26(32)16-17-29(25(31)27-20-12-14-21(33-2)15-13-20)22(18-8-4-3-5-9-18)23(26)28-24(30)19-10-6-7-11-19/h3-5,8-9,12-15,19,22-23,32H,6-7,10-11,16-17H2,1-2H3,(H,27,31)(H,28,30). The molecule has 3 unspecified atom stereocenters. The van der Waals surface area contributed by atoms with E-state index in [4.69, 9.17) is 4.74 Å². The second-order valence-corrected chi connectivity index (χ2v) is 9.28. The Balaban J connectivity index is 1.62. The summed E-state index contributed by atoms with van der Waals surface area (Å²) in [6.45, 7) is 2.12. The van der Waals surface area contributed by atoms with Crippen LogP contribution in [0.2, 0.25) is 0 Å². The van der Waals surface area contributed by atoms with Crippen LogP contribution in [0.4, 0.5) is 10.5 Å². The Labute approximate surface area is 195 Å². The van der Waals surface area contributed by atoms with Crippen LogP contribution < -0.4 is 15.4 Å². The molecule has 1 saturated heterocycles. The summed E-state index contributed by atoms with van der Waals surface area (Å²) >= 11 is 0. The maximum absolute atomic E-state index is 13.4. The number of nitrogens with one attached hydrogen (secondary N) is 2. The third-order valence-corrected chi connectivity index (χ3v) is 6.95. The summed E-state index contributed by atoms with van der Waals surface area (Å²) in [6, 6.07) is 15.4. The van der Waals surface area contributed by atoms with Crippen molar-refractivity contribution >= 4 is 17.6 Å². The number of carbonyl (C=O) groups excluding carboxylic acids is 2. The molecule has 4 rings (SSSR count). The number of carbonyl (C=O) groups is 2. The van der Waals surface area contributed by atoms with E-state index in [2.05, 4.69) is 10.6 Å². The van der Waals surface area contributed by atoms with Crippen molar-refractivity contribution in [2.24, 2.45) is 5.92 Å². The fourth-order valence-electron chi connectivity index (χ4n) is 4.98. The molecule has 0 radical (unpaired) electrons. The lowest BCUT2D eigenvalue weighted by atomic mass is 9.79. The Bertz CT molecular complexity index is 955. The number of anilines is 1. The highest BCUT2D eigenvalue weighted by molar-refractivity contribution is 5.90. The van der Waals surface area contributed by atoms with Gasteiger partial charge in [-0.3, -0.25) is 4.79 Å². The van der Waals surface area contributed by atoms with Crippen molar-refractivity contribution in [2.75, 3.05) is 19.0 Å². The van der Waals surface area contributed by atoms with Crippen LogP contribution in [0.25, 0.3) is 0 Å². The Morgan fingerprint density at radius 2 is 1.73 bits per heavy atom. The number of amides is 3. The molecule has 2 fully saturated rings. The van der Waals surface area contributed by atoms with Gasteiger partial charge < -0.3 is 25.4 Å². The zero-order chi connectivity index (χ0) is 23.4. The number of aliphatic hydroxyl groups is 1. The van der Waals surface area contributed by atoms with Gasteiger partial charge in [-0.05, 0) is 56.0 Å². The van der Waals surface area contributed by atoms with Gasteiger partial charge in [0.1, 0.15) is 5.75 Å². The molecule has 1 saturated carbocycles. The minimum absolute atomic E-state index is 0.0271. The summed E-state index contributed by atoms with van der Waals surface area (Å²) in [5, 5.41) is 17.4. The minimum atomic E-state index is -1.15. The first kappa shape index (κ1) is 23.1. The van der Waals surface area contributed by atoms with Crippen LogP contribution in [0.15, 0.2) is 54.6 Å². The molecule has 33 heavy (non-hydrogen) atoms. The molecule has 176 valence electrons. The molecular weight excluding hydrogens is 418 g/mol. The third kappa shape index (κ3) is 5.14. The van der Waals surface area contributed by atoms with Gasteiger partial charge in [0.05, 0.1) is 24.8 Å². The van der Waals surface area contributed by atoms with E-state index in [1.165, 1.54) is 0 Å². The van der Waals surface area contributed by atoms with Crippen molar-refractivity contribution in [3.63, 3.8) is 0 Å². The average molecular weight is 452 g/mol. The number of piperidine rings is 1. The van der Waals surface area contributed by atoms with Gasteiger partial charge in [-0.1, -0.05) is 43.2 Å². The van der Waals surface area contributed by atoms with E-state index in [0.29, 0.717) is 24.4 Å². The van der Waals surface area contributed by atoms with Crippen LogP contribution in [0.3, 0.4) is 0 Å². The lowest BCUT2D eigenvalue weighted by molar-refractivity contribution is -0.131. The molecule has 2 aliphatic rings. The number of benzene rings is 2. The Morgan fingerprint density at radius 1 is 1.06 bits per heavy atom. The summed E-state index contributed by atoms with van der Waals surface area (Å²) in [6.07, 6.45) is 4.22. The van der Waals surface area contributed by atoms with Gasteiger partial charge in [-0.2, -0.15) is 0 Å². The lowest BCUT2D eigenvalue weighted by Gasteiger charge is -2.49. The van der Waals surface area contributed by atoms with Gasteiger partial charge in [-0.15, -0.1) is 0 Å². The minimum Gasteiger partial charge on any atom is -0.497 e. The maximum atomic E-state index is 13.4. The third-order valence-electron chi connectivity index (χ3n) is 6.95. The van der Waals surface area contributed by atoms with E-state index in [-0.39, 0.29) is 17.9 Å². The number of nitrogens with zero attached hydrogens (tertiary/aromatic N) is 1.